The normalized spacial score (nSPS) is 20.5. The maximum atomic E-state index is 14.2. The monoisotopic (exact) mass is 475 g/mol. The molecule has 168 valence electrons. The number of carbonyl (C=O) groups is 1. The zero-order valence-electron chi connectivity index (χ0n) is 17.5. The van der Waals surface area contributed by atoms with Gasteiger partial charge in [-0.05, 0) is 49.9 Å². The first-order chi connectivity index (χ1) is 15.5. The van der Waals surface area contributed by atoms with Crippen molar-refractivity contribution in [2.24, 2.45) is 5.41 Å². The number of hydrogen-bond donors (Lipinski definition) is 1. The first kappa shape index (κ1) is 22.5. The molecule has 32 heavy (non-hydrogen) atoms. The van der Waals surface area contributed by atoms with E-state index in [-0.39, 0.29) is 22.8 Å². The third-order valence-electron chi connectivity index (χ3n) is 5.71. The Morgan fingerprint density at radius 2 is 2.06 bits per heavy atom. The van der Waals surface area contributed by atoms with E-state index >= 15 is 0 Å². The molecule has 0 spiro atoms. The Balaban J connectivity index is 1.46. The van der Waals surface area contributed by atoms with Crippen LogP contribution in [0.5, 0.6) is 5.75 Å². The van der Waals surface area contributed by atoms with Gasteiger partial charge >= 0.3 is 5.97 Å². The minimum Gasteiger partial charge on any atom is -0.487 e. The summed E-state index contributed by atoms with van der Waals surface area (Å²) in [4.78, 5) is 21.7. The molecule has 9 heteroatoms. The minimum atomic E-state index is -0.700. The number of pyridine rings is 1. The largest absolute Gasteiger partial charge is 0.487 e. The fourth-order valence-corrected chi connectivity index (χ4v) is 4.78. The van der Waals surface area contributed by atoms with E-state index in [2.05, 4.69) is 15.3 Å². The molecule has 1 saturated carbocycles. The van der Waals surface area contributed by atoms with E-state index in [1.165, 1.54) is 24.5 Å². The lowest BCUT2D eigenvalue weighted by Crippen LogP contribution is -2.41. The van der Waals surface area contributed by atoms with Crippen LogP contribution in [0.1, 0.15) is 31.4 Å². The number of ether oxygens (including phenoxy) is 2. The first-order valence-electron chi connectivity index (χ1n) is 10.3. The maximum Gasteiger partial charge on any atom is 0.312 e. The molecule has 1 aromatic carbocycles. The van der Waals surface area contributed by atoms with Gasteiger partial charge in [-0.15, -0.1) is 11.3 Å². The van der Waals surface area contributed by atoms with Gasteiger partial charge in [0, 0.05) is 23.7 Å². The van der Waals surface area contributed by atoms with Gasteiger partial charge in [0.25, 0.3) is 0 Å². The van der Waals surface area contributed by atoms with Crippen LogP contribution in [-0.2, 0) is 16.0 Å². The molecule has 0 amide bonds. The molecule has 1 N–H and O–H groups in total. The highest BCUT2D eigenvalue weighted by molar-refractivity contribution is 7.13. The van der Waals surface area contributed by atoms with E-state index in [1.807, 2.05) is 23.6 Å². The third kappa shape index (κ3) is 5.02. The van der Waals surface area contributed by atoms with Crippen molar-refractivity contribution in [1.82, 2.24) is 9.97 Å². The van der Waals surface area contributed by atoms with Crippen molar-refractivity contribution in [3.05, 3.63) is 64.5 Å². The number of benzene rings is 1. The second-order valence-electron chi connectivity index (χ2n) is 7.79. The van der Waals surface area contributed by atoms with Crippen LogP contribution in [0.3, 0.4) is 0 Å². The van der Waals surface area contributed by atoms with Gasteiger partial charge in [0.2, 0.25) is 0 Å². The molecule has 1 fully saturated rings. The van der Waals surface area contributed by atoms with E-state index in [0.717, 1.165) is 10.8 Å². The molecule has 0 atom stereocenters. The molecule has 1 aliphatic rings. The van der Waals surface area contributed by atoms with Crippen LogP contribution < -0.4 is 10.1 Å². The third-order valence-corrected chi connectivity index (χ3v) is 6.69. The average Bonchev–Trinajstić information content (AvgIpc) is 3.31. The Hall–Kier alpha value is -2.71. The molecule has 0 aliphatic heterocycles. The maximum absolute atomic E-state index is 14.2. The van der Waals surface area contributed by atoms with Crippen LogP contribution in [0.4, 0.5) is 15.3 Å². The Labute approximate surface area is 194 Å². The summed E-state index contributed by atoms with van der Waals surface area (Å²) < 4.78 is 25.2. The summed E-state index contributed by atoms with van der Waals surface area (Å²) in [5, 5.41) is 5.84. The van der Waals surface area contributed by atoms with Crippen LogP contribution in [0.25, 0.3) is 0 Å². The molecular formula is C23H23ClFN3O3S. The lowest BCUT2D eigenvalue weighted by Gasteiger charge is -2.37. The number of halogens is 2. The summed E-state index contributed by atoms with van der Waals surface area (Å²) in [6, 6.07) is 10.4. The molecule has 0 saturated heterocycles. The van der Waals surface area contributed by atoms with Crippen molar-refractivity contribution in [2.45, 2.75) is 38.2 Å². The predicted molar refractivity (Wildman–Crippen MR) is 122 cm³/mol. The fraction of sp³-hybridized carbons (Fsp3) is 0.348. The Morgan fingerprint density at radius 1 is 1.28 bits per heavy atom. The van der Waals surface area contributed by atoms with Crippen molar-refractivity contribution in [3.8, 4) is 5.75 Å². The topological polar surface area (TPSA) is 73.3 Å². The van der Waals surface area contributed by atoms with Crippen LogP contribution >= 0.6 is 22.9 Å². The van der Waals surface area contributed by atoms with Gasteiger partial charge < -0.3 is 14.8 Å². The van der Waals surface area contributed by atoms with E-state index < -0.39 is 11.2 Å². The number of nitrogens with zero attached hydrogens (tertiary/aromatic N) is 2. The highest BCUT2D eigenvalue weighted by Crippen LogP contribution is 2.42. The number of rotatable bonds is 7. The molecular weight excluding hydrogens is 453 g/mol. The van der Waals surface area contributed by atoms with E-state index in [4.69, 9.17) is 21.1 Å². The number of methoxy groups -OCH3 is 1. The summed E-state index contributed by atoms with van der Waals surface area (Å²) >= 11 is 7.34. The van der Waals surface area contributed by atoms with Crippen LogP contribution in [-0.4, -0.2) is 29.2 Å². The number of thiazole rings is 1. The van der Waals surface area contributed by atoms with Crippen molar-refractivity contribution in [1.29, 1.82) is 0 Å². The lowest BCUT2D eigenvalue weighted by atomic mass is 9.70. The van der Waals surface area contributed by atoms with Crippen LogP contribution in [0.2, 0.25) is 5.02 Å². The SMILES string of the molecule is COC(=O)C1(Cc2cccc(Nc3nccs3)n2)CCC(Oc2cccc(Cl)c2F)CC1. The molecule has 1 aliphatic carbocycles. The molecule has 2 heterocycles. The van der Waals surface area contributed by atoms with E-state index in [9.17, 15) is 9.18 Å². The quantitative estimate of drug-likeness (QED) is 0.435. The van der Waals surface area contributed by atoms with Crippen LogP contribution in [0, 0.1) is 11.2 Å². The van der Waals surface area contributed by atoms with Gasteiger partial charge in [-0.1, -0.05) is 23.7 Å². The first-order valence-corrected chi connectivity index (χ1v) is 11.6. The predicted octanol–water partition coefficient (Wildman–Crippen LogP) is 5.80. The van der Waals surface area contributed by atoms with Gasteiger partial charge in [0.1, 0.15) is 5.82 Å². The standard InChI is InChI=1S/C23H23ClFN3O3S/c1-30-21(29)23(14-15-4-2-7-19(27-15)28-22-26-12-13-32-22)10-8-16(9-11-23)31-18-6-3-5-17(24)20(18)25/h2-7,12-13,16H,8-11,14H2,1H3,(H,26,27,28). The molecule has 4 rings (SSSR count). The zero-order chi connectivity index (χ0) is 22.6. The van der Waals surface area contributed by atoms with E-state index in [1.54, 1.807) is 18.3 Å². The highest BCUT2D eigenvalue weighted by atomic mass is 35.5. The molecule has 0 unspecified atom stereocenters. The number of hydrogen-bond acceptors (Lipinski definition) is 7. The Morgan fingerprint density at radius 3 is 2.78 bits per heavy atom. The molecule has 0 radical (unpaired) electrons. The molecule has 6 nitrogen and oxygen atoms in total. The van der Waals surface area contributed by atoms with Gasteiger partial charge in [-0.3, -0.25) is 4.79 Å². The Bertz CT molecular complexity index is 1070. The smallest absolute Gasteiger partial charge is 0.312 e. The van der Waals surface area contributed by atoms with Crippen molar-refractivity contribution in [2.75, 3.05) is 12.4 Å². The number of esters is 1. The number of carbonyl (C=O) groups excluding carboxylic acids is 1. The Kier molecular flexibility index (Phi) is 6.91. The summed E-state index contributed by atoms with van der Waals surface area (Å²) in [6.45, 7) is 0. The summed E-state index contributed by atoms with van der Waals surface area (Å²) in [5.74, 6) is -0.0145. The second-order valence-corrected chi connectivity index (χ2v) is 9.10. The number of anilines is 2. The number of aromatic nitrogens is 2. The van der Waals surface area contributed by atoms with Gasteiger partial charge in [0.05, 0.1) is 23.7 Å². The highest BCUT2D eigenvalue weighted by Gasteiger charge is 2.44. The van der Waals surface area contributed by atoms with Crippen molar-refractivity contribution in [3.63, 3.8) is 0 Å². The fourth-order valence-electron chi connectivity index (χ4n) is 4.08. The summed E-state index contributed by atoms with van der Waals surface area (Å²) in [5.41, 5.74) is 0.0890. The van der Waals surface area contributed by atoms with Gasteiger partial charge in [-0.25, -0.2) is 14.4 Å². The molecule has 2 aromatic heterocycles. The zero-order valence-corrected chi connectivity index (χ0v) is 19.1. The lowest BCUT2D eigenvalue weighted by molar-refractivity contribution is -0.156. The summed E-state index contributed by atoms with van der Waals surface area (Å²) in [7, 11) is 1.40. The van der Waals surface area contributed by atoms with Crippen molar-refractivity contribution >= 4 is 39.9 Å². The minimum absolute atomic E-state index is 0.0273. The molecule has 0 bridgehead atoms. The summed E-state index contributed by atoms with van der Waals surface area (Å²) in [6.07, 6.45) is 4.27. The number of nitrogens with one attached hydrogen (secondary N) is 1. The van der Waals surface area contributed by atoms with Gasteiger partial charge in [-0.2, -0.15) is 0 Å². The van der Waals surface area contributed by atoms with Crippen molar-refractivity contribution < 1.29 is 18.7 Å². The molecule has 3 aromatic rings. The second kappa shape index (κ2) is 9.83. The van der Waals surface area contributed by atoms with Gasteiger partial charge in [0.15, 0.2) is 16.7 Å². The average molecular weight is 476 g/mol. The van der Waals surface area contributed by atoms with Crippen LogP contribution in [0.15, 0.2) is 48.0 Å². The van der Waals surface area contributed by atoms with E-state index in [0.29, 0.717) is 37.9 Å².